The molecule has 0 aliphatic heterocycles. The molecule has 0 heterocycles. The zero-order valence-electron chi connectivity index (χ0n) is 16.6. The van der Waals surface area contributed by atoms with Gasteiger partial charge >= 0.3 is 11.9 Å². The number of nitrogens with zero attached hydrogens (tertiary/aromatic N) is 1. The average Bonchev–Trinajstić information content (AvgIpc) is 3.48. The second-order valence-corrected chi connectivity index (χ2v) is 7.26. The number of ether oxygens (including phenoxy) is 2. The van der Waals surface area contributed by atoms with Gasteiger partial charge in [-0.1, -0.05) is 13.8 Å². The van der Waals surface area contributed by atoms with Gasteiger partial charge in [-0.2, -0.15) is 0 Å². The number of amides is 1. The first-order valence-corrected chi connectivity index (χ1v) is 9.30. The van der Waals surface area contributed by atoms with Crippen LogP contribution in [-0.4, -0.2) is 48.6 Å². The van der Waals surface area contributed by atoms with Crippen molar-refractivity contribution in [1.29, 1.82) is 0 Å². The van der Waals surface area contributed by atoms with Crippen molar-refractivity contribution in [2.45, 2.75) is 45.2 Å². The third kappa shape index (κ3) is 6.74. The second kappa shape index (κ2) is 9.85. The number of anilines is 1. The minimum atomic E-state index is -0.875. The van der Waals surface area contributed by atoms with Gasteiger partial charge in [-0.25, -0.2) is 9.59 Å². The molecule has 0 unspecified atom stereocenters. The van der Waals surface area contributed by atoms with Crippen molar-refractivity contribution in [2.75, 3.05) is 19.0 Å². The zero-order valence-corrected chi connectivity index (χ0v) is 16.6. The van der Waals surface area contributed by atoms with E-state index in [-0.39, 0.29) is 23.2 Å². The number of nitro benzene ring substituents is 1. The highest BCUT2D eigenvalue weighted by molar-refractivity contribution is 5.93. The van der Waals surface area contributed by atoms with E-state index in [0.717, 1.165) is 18.9 Å². The maximum Gasteiger partial charge on any atom is 0.338 e. The van der Waals surface area contributed by atoms with Crippen LogP contribution in [0.5, 0.6) is 0 Å². The first-order valence-electron chi connectivity index (χ1n) is 9.30. The molecule has 0 bridgehead atoms. The van der Waals surface area contributed by atoms with Gasteiger partial charge in [0.15, 0.2) is 6.61 Å². The Kier molecular flexibility index (Phi) is 7.52. The van der Waals surface area contributed by atoms with Crippen molar-refractivity contribution in [3.8, 4) is 0 Å². The van der Waals surface area contributed by atoms with Gasteiger partial charge in [0.25, 0.3) is 11.6 Å². The van der Waals surface area contributed by atoms with Crippen LogP contribution in [0.3, 0.4) is 0 Å². The van der Waals surface area contributed by atoms with Crippen LogP contribution in [0.15, 0.2) is 18.2 Å². The van der Waals surface area contributed by atoms with Gasteiger partial charge in [0.05, 0.1) is 17.6 Å². The fourth-order valence-electron chi connectivity index (χ4n) is 2.66. The summed E-state index contributed by atoms with van der Waals surface area (Å²) in [5.74, 6) is -2.01. The van der Waals surface area contributed by atoms with E-state index in [1.165, 1.54) is 19.2 Å². The molecule has 0 spiro atoms. The Balaban J connectivity index is 1.96. The van der Waals surface area contributed by atoms with E-state index in [9.17, 15) is 24.5 Å². The molecule has 1 aliphatic carbocycles. The largest absolute Gasteiger partial charge is 0.467 e. The predicted molar refractivity (Wildman–Crippen MR) is 103 cm³/mol. The highest BCUT2D eigenvalue weighted by Gasteiger charge is 2.26. The molecule has 2 N–H and O–H groups in total. The average molecular weight is 407 g/mol. The van der Waals surface area contributed by atoms with Crippen molar-refractivity contribution < 1.29 is 28.8 Å². The summed E-state index contributed by atoms with van der Waals surface area (Å²) in [6.45, 7) is 3.15. The topological polar surface area (TPSA) is 137 Å². The fraction of sp³-hybridized carbons (Fsp3) is 0.526. The van der Waals surface area contributed by atoms with Crippen LogP contribution >= 0.6 is 0 Å². The number of benzene rings is 1. The van der Waals surface area contributed by atoms with Crippen LogP contribution in [0.25, 0.3) is 0 Å². The van der Waals surface area contributed by atoms with E-state index in [1.807, 2.05) is 13.8 Å². The number of methoxy groups -OCH3 is 1. The highest BCUT2D eigenvalue weighted by Crippen LogP contribution is 2.31. The predicted octanol–water partition coefficient (Wildman–Crippen LogP) is 2.03. The molecule has 1 aromatic carbocycles. The van der Waals surface area contributed by atoms with E-state index < -0.39 is 35.4 Å². The summed E-state index contributed by atoms with van der Waals surface area (Å²) >= 11 is 0. The molecule has 1 saturated carbocycles. The highest BCUT2D eigenvalue weighted by atomic mass is 16.6. The van der Waals surface area contributed by atoms with Crippen LogP contribution in [0.2, 0.25) is 0 Å². The standard InChI is InChI=1S/C19H25N3O7/c1-11(2)8-15(19(25)28-3)21-17(23)10-29-18(24)12-4-7-14(20-13-5-6-13)16(9-12)22(26)27/h4,7,9,11,13,15,20H,5-6,8,10H2,1-3H3,(H,21,23)/t15-/m0/s1. The number of nitrogens with one attached hydrogen (secondary N) is 2. The summed E-state index contributed by atoms with van der Waals surface area (Å²) in [5.41, 5.74) is 0.0532. The van der Waals surface area contributed by atoms with Crippen LogP contribution in [-0.2, 0) is 19.1 Å². The van der Waals surface area contributed by atoms with E-state index in [4.69, 9.17) is 4.74 Å². The molecule has 0 aromatic heterocycles. The normalized spacial score (nSPS) is 14.1. The summed E-state index contributed by atoms with van der Waals surface area (Å²) in [5, 5.41) is 16.8. The Bertz CT molecular complexity index is 790. The number of hydrogen-bond acceptors (Lipinski definition) is 8. The summed E-state index contributed by atoms with van der Waals surface area (Å²) in [4.78, 5) is 46.7. The lowest BCUT2D eigenvalue weighted by atomic mass is 10.0. The third-order valence-corrected chi connectivity index (χ3v) is 4.23. The van der Waals surface area contributed by atoms with Crippen LogP contribution < -0.4 is 10.6 Å². The van der Waals surface area contributed by atoms with Gasteiger partial charge in [0, 0.05) is 12.1 Å². The van der Waals surface area contributed by atoms with Gasteiger partial charge < -0.3 is 20.1 Å². The first kappa shape index (κ1) is 22.1. The lowest BCUT2D eigenvalue weighted by Gasteiger charge is -2.18. The summed E-state index contributed by atoms with van der Waals surface area (Å²) in [7, 11) is 1.22. The van der Waals surface area contributed by atoms with E-state index in [2.05, 4.69) is 15.4 Å². The Morgan fingerprint density at radius 3 is 2.52 bits per heavy atom. The fourth-order valence-corrected chi connectivity index (χ4v) is 2.66. The van der Waals surface area contributed by atoms with Gasteiger partial charge in [0.1, 0.15) is 11.7 Å². The van der Waals surface area contributed by atoms with E-state index in [0.29, 0.717) is 12.1 Å². The molecule has 1 atom stereocenters. The monoisotopic (exact) mass is 407 g/mol. The van der Waals surface area contributed by atoms with Crippen molar-refractivity contribution in [3.63, 3.8) is 0 Å². The third-order valence-electron chi connectivity index (χ3n) is 4.23. The van der Waals surface area contributed by atoms with E-state index in [1.54, 1.807) is 0 Å². The van der Waals surface area contributed by atoms with Crippen molar-refractivity contribution in [1.82, 2.24) is 5.32 Å². The summed E-state index contributed by atoms with van der Waals surface area (Å²) in [6.07, 6.45) is 2.26. The Labute approximate surface area is 168 Å². The van der Waals surface area contributed by atoms with Crippen LogP contribution in [0.1, 0.15) is 43.5 Å². The Hall–Kier alpha value is -3.17. The lowest BCUT2D eigenvalue weighted by molar-refractivity contribution is -0.384. The quantitative estimate of drug-likeness (QED) is 0.341. The maximum absolute atomic E-state index is 12.2. The van der Waals surface area contributed by atoms with Gasteiger partial charge in [0.2, 0.25) is 0 Å². The summed E-state index contributed by atoms with van der Waals surface area (Å²) in [6, 6.07) is 3.32. The Morgan fingerprint density at radius 2 is 1.97 bits per heavy atom. The molecule has 158 valence electrons. The second-order valence-electron chi connectivity index (χ2n) is 7.26. The summed E-state index contributed by atoms with van der Waals surface area (Å²) < 4.78 is 9.59. The molecule has 29 heavy (non-hydrogen) atoms. The van der Waals surface area contributed by atoms with Crippen molar-refractivity contribution >= 4 is 29.2 Å². The smallest absolute Gasteiger partial charge is 0.338 e. The minimum absolute atomic E-state index is 0.0439. The van der Waals surface area contributed by atoms with E-state index >= 15 is 0 Å². The SMILES string of the molecule is COC(=O)[C@H](CC(C)C)NC(=O)COC(=O)c1ccc(NC2CC2)c([N+](=O)[O-])c1. The molecule has 1 amide bonds. The number of esters is 2. The molecule has 1 aromatic rings. The Morgan fingerprint density at radius 1 is 1.28 bits per heavy atom. The molecular formula is C19H25N3O7. The number of nitro groups is 1. The van der Waals surface area contributed by atoms with Crippen LogP contribution in [0, 0.1) is 16.0 Å². The van der Waals surface area contributed by atoms with Crippen molar-refractivity contribution in [2.24, 2.45) is 5.92 Å². The molecule has 10 heteroatoms. The van der Waals surface area contributed by atoms with Gasteiger partial charge in [-0.3, -0.25) is 14.9 Å². The lowest BCUT2D eigenvalue weighted by Crippen LogP contribution is -2.44. The molecule has 2 rings (SSSR count). The number of carbonyl (C=O) groups excluding carboxylic acids is 3. The molecule has 0 saturated heterocycles. The molecule has 1 aliphatic rings. The number of rotatable bonds is 10. The minimum Gasteiger partial charge on any atom is -0.467 e. The van der Waals surface area contributed by atoms with Crippen LogP contribution in [0.4, 0.5) is 11.4 Å². The molecular weight excluding hydrogens is 382 g/mol. The van der Waals surface area contributed by atoms with Gasteiger partial charge in [-0.05, 0) is 37.3 Å². The molecule has 0 radical (unpaired) electrons. The number of hydrogen-bond donors (Lipinski definition) is 2. The molecule has 10 nitrogen and oxygen atoms in total. The zero-order chi connectivity index (χ0) is 21.6. The van der Waals surface area contributed by atoms with Crippen molar-refractivity contribution in [3.05, 3.63) is 33.9 Å². The number of carbonyl (C=O) groups is 3. The molecule has 1 fully saturated rings. The maximum atomic E-state index is 12.2. The first-order chi connectivity index (χ1) is 13.7. The van der Waals surface area contributed by atoms with Gasteiger partial charge in [-0.15, -0.1) is 0 Å².